The number of alkyl carbamates (subject to hydrolysis) is 1. The van der Waals surface area contributed by atoms with Crippen LogP contribution in [0.25, 0.3) is 11.3 Å². The van der Waals surface area contributed by atoms with Crippen molar-refractivity contribution in [2.24, 2.45) is 0 Å². The normalized spacial score (nSPS) is 10.2. The zero-order valence-corrected chi connectivity index (χ0v) is 15.4. The van der Waals surface area contributed by atoms with Gasteiger partial charge in [0.05, 0.1) is 13.3 Å². The second-order valence-electron chi connectivity index (χ2n) is 5.90. The lowest BCUT2D eigenvalue weighted by molar-refractivity contribution is 0.170. The Morgan fingerprint density at radius 3 is 2.71 bits per heavy atom. The van der Waals surface area contributed by atoms with Gasteiger partial charge in [-0.3, -0.25) is 5.32 Å². The molecule has 8 nitrogen and oxygen atoms in total. The summed E-state index contributed by atoms with van der Waals surface area (Å²) >= 11 is 0. The van der Waals surface area contributed by atoms with E-state index >= 15 is 0 Å². The highest BCUT2D eigenvalue weighted by Gasteiger charge is 2.10. The third kappa shape index (κ3) is 4.88. The number of carbonyl (C=O) groups excluding carboxylic acids is 2. The summed E-state index contributed by atoms with van der Waals surface area (Å²) in [6.07, 6.45) is 1.84. The average Bonchev–Trinajstić information content (AvgIpc) is 3.21. The standard InChI is InChI=1S/C20H19N3O5/c1-13-8-15(6-7-17(13)18-11-21-12-27-18)23-20(25)28-16-5-3-4-14(9-16)10-22-19(24)26-2/h3-9,11-12H,10H2,1-2H3,(H,22,24)(H,23,25). The van der Waals surface area contributed by atoms with Crippen LogP contribution in [-0.4, -0.2) is 24.3 Å². The van der Waals surface area contributed by atoms with Crippen molar-refractivity contribution in [2.45, 2.75) is 13.5 Å². The fourth-order valence-electron chi connectivity index (χ4n) is 2.58. The van der Waals surface area contributed by atoms with Crippen molar-refractivity contribution < 1.29 is 23.5 Å². The monoisotopic (exact) mass is 381 g/mol. The highest BCUT2D eigenvalue weighted by Crippen LogP contribution is 2.25. The molecule has 0 unspecified atom stereocenters. The van der Waals surface area contributed by atoms with Gasteiger partial charge in [0, 0.05) is 17.8 Å². The van der Waals surface area contributed by atoms with Gasteiger partial charge in [-0.15, -0.1) is 0 Å². The maximum Gasteiger partial charge on any atom is 0.417 e. The molecule has 0 bridgehead atoms. The Kier molecular flexibility index (Phi) is 5.91. The number of aryl methyl sites for hydroxylation is 1. The molecule has 2 amide bonds. The summed E-state index contributed by atoms with van der Waals surface area (Å²) in [5.74, 6) is 1.01. The fourth-order valence-corrected chi connectivity index (χ4v) is 2.58. The van der Waals surface area contributed by atoms with E-state index in [0.29, 0.717) is 17.2 Å². The molecule has 1 heterocycles. The Balaban J connectivity index is 1.61. The Morgan fingerprint density at radius 1 is 1.14 bits per heavy atom. The Labute approximate surface area is 161 Å². The molecule has 0 radical (unpaired) electrons. The van der Waals surface area contributed by atoms with Crippen LogP contribution in [-0.2, 0) is 11.3 Å². The van der Waals surface area contributed by atoms with Crippen LogP contribution in [0.2, 0.25) is 0 Å². The number of amides is 2. The molecule has 0 aliphatic heterocycles. The molecule has 0 aliphatic rings. The first-order chi connectivity index (χ1) is 13.5. The smallest absolute Gasteiger partial charge is 0.417 e. The average molecular weight is 381 g/mol. The Hall–Kier alpha value is -3.81. The van der Waals surface area contributed by atoms with E-state index in [2.05, 4.69) is 20.4 Å². The summed E-state index contributed by atoms with van der Waals surface area (Å²) in [4.78, 5) is 27.2. The summed E-state index contributed by atoms with van der Waals surface area (Å²) in [5.41, 5.74) is 3.17. The van der Waals surface area contributed by atoms with Crippen LogP contribution < -0.4 is 15.4 Å². The van der Waals surface area contributed by atoms with Crippen molar-refractivity contribution in [1.29, 1.82) is 0 Å². The number of nitrogens with zero attached hydrogens (tertiary/aromatic N) is 1. The number of hydrogen-bond donors (Lipinski definition) is 2. The number of carbonyl (C=O) groups is 2. The minimum Gasteiger partial charge on any atom is -0.453 e. The Bertz CT molecular complexity index is 970. The van der Waals surface area contributed by atoms with Crippen LogP contribution in [0, 0.1) is 6.92 Å². The molecule has 0 spiro atoms. The van der Waals surface area contributed by atoms with Gasteiger partial charge in [0.1, 0.15) is 5.75 Å². The van der Waals surface area contributed by atoms with E-state index in [0.717, 1.165) is 16.7 Å². The molecular weight excluding hydrogens is 362 g/mol. The number of methoxy groups -OCH3 is 1. The summed E-state index contributed by atoms with van der Waals surface area (Å²) in [6, 6.07) is 12.2. The predicted molar refractivity (Wildman–Crippen MR) is 102 cm³/mol. The predicted octanol–water partition coefficient (Wildman–Crippen LogP) is 4.12. The van der Waals surface area contributed by atoms with Gasteiger partial charge in [-0.2, -0.15) is 0 Å². The number of aromatic nitrogens is 1. The van der Waals surface area contributed by atoms with Crippen LogP contribution in [0.1, 0.15) is 11.1 Å². The molecule has 1 aromatic heterocycles. The molecule has 0 aliphatic carbocycles. The van der Waals surface area contributed by atoms with E-state index in [4.69, 9.17) is 9.15 Å². The molecule has 3 aromatic rings. The van der Waals surface area contributed by atoms with Gasteiger partial charge >= 0.3 is 12.2 Å². The summed E-state index contributed by atoms with van der Waals surface area (Å²) in [6.45, 7) is 2.17. The lowest BCUT2D eigenvalue weighted by Gasteiger charge is -2.10. The first-order valence-corrected chi connectivity index (χ1v) is 8.44. The molecule has 2 aromatic carbocycles. The lowest BCUT2D eigenvalue weighted by atomic mass is 10.1. The molecule has 0 saturated heterocycles. The third-order valence-electron chi connectivity index (χ3n) is 3.90. The number of rotatable bonds is 5. The third-order valence-corrected chi connectivity index (χ3v) is 3.90. The highest BCUT2D eigenvalue weighted by molar-refractivity contribution is 5.87. The molecule has 144 valence electrons. The van der Waals surface area contributed by atoms with Crippen LogP contribution >= 0.6 is 0 Å². The zero-order chi connectivity index (χ0) is 19.9. The van der Waals surface area contributed by atoms with Crippen molar-refractivity contribution in [3.05, 3.63) is 66.2 Å². The van der Waals surface area contributed by atoms with Gasteiger partial charge in [0.2, 0.25) is 0 Å². The largest absolute Gasteiger partial charge is 0.453 e. The van der Waals surface area contributed by atoms with Crippen molar-refractivity contribution in [2.75, 3.05) is 12.4 Å². The molecule has 0 atom stereocenters. The van der Waals surface area contributed by atoms with Crippen molar-refractivity contribution in [1.82, 2.24) is 10.3 Å². The molecule has 3 rings (SSSR count). The van der Waals surface area contributed by atoms with Crippen molar-refractivity contribution >= 4 is 17.9 Å². The van der Waals surface area contributed by atoms with Gasteiger partial charge in [-0.05, 0) is 48.4 Å². The Morgan fingerprint density at radius 2 is 2.00 bits per heavy atom. The highest BCUT2D eigenvalue weighted by atomic mass is 16.6. The van der Waals surface area contributed by atoms with E-state index < -0.39 is 12.2 Å². The van der Waals surface area contributed by atoms with Crippen molar-refractivity contribution in [3.8, 4) is 17.1 Å². The first kappa shape index (κ1) is 19.0. The summed E-state index contributed by atoms with van der Waals surface area (Å²) < 4.78 is 15.1. The van der Waals surface area contributed by atoms with E-state index in [-0.39, 0.29) is 6.54 Å². The fraction of sp³-hybridized carbons (Fsp3) is 0.150. The SMILES string of the molecule is COC(=O)NCc1cccc(OC(=O)Nc2ccc(-c3cnco3)c(C)c2)c1. The molecular formula is C20H19N3O5. The molecule has 0 fully saturated rings. The van der Waals surface area contributed by atoms with E-state index in [1.165, 1.54) is 13.5 Å². The minimum atomic E-state index is -0.620. The summed E-state index contributed by atoms with van der Waals surface area (Å²) in [7, 11) is 1.29. The minimum absolute atomic E-state index is 0.258. The zero-order valence-electron chi connectivity index (χ0n) is 15.4. The van der Waals surface area contributed by atoms with E-state index in [1.54, 1.807) is 36.5 Å². The molecule has 0 saturated carbocycles. The van der Waals surface area contributed by atoms with Crippen LogP contribution in [0.15, 0.2) is 59.5 Å². The quantitative estimate of drug-likeness (QED) is 0.689. The number of nitrogens with one attached hydrogen (secondary N) is 2. The number of ether oxygens (including phenoxy) is 2. The maximum absolute atomic E-state index is 12.2. The lowest BCUT2D eigenvalue weighted by Crippen LogP contribution is -2.22. The topological polar surface area (TPSA) is 103 Å². The first-order valence-electron chi connectivity index (χ1n) is 8.44. The number of oxazole rings is 1. The van der Waals surface area contributed by atoms with Gasteiger partial charge in [-0.1, -0.05) is 12.1 Å². The number of anilines is 1. The second kappa shape index (κ2) is 8.72. The molecule has 28 heavy (non-hydrogen) atoms. The van der Waals surface area contributed by atoms with Crippen LogP contribution in [0.3, 0.4) is 0 Å². The van der Waals surface area contributed by atoms with Crippen molar-refractivity contribution in [3.63, 3.8) is 0 Å². The number of hydrogen-bond acceptors (Lipinski definition) is 6. The maximum atomic E-state index is 12.2. The van der Waals surface area contributed by atoms with E-state index in [1.807, 2.05) is 19.1 Å². The summed E-state index contributed by atoms with van der Waals surface area (Å²) in [5, 5.41) is 5.25. The van der Waals surface area contributed by atoms with Gasteiger partial charge in [0.15, 0.2) is 12.2 Å². The van der Waals surface area contributed by atoms with Gasteiger partial charge < -0.3 is 19.2 Å². The second-order valence-corrected chi connectivity index (χ2v) is 5.90. The molecule has 8 heteroatoms. The number of benzene rings is 2. The van der Waals surface area contributed by atoms with E-state index in [9.17, 15) is 9.59 Å². The van der Waals surface area contributed by atoms with Crippen LogP contribution in [0.5, 0.6) is 5.75 Å². The molecule has 2 N–H and O–H groups in total. The van der Waals surface area contributed by atoms with Gasteiger partial charge in [0.25, 0.3) is 0 Å². The van der Waals surface area contributed by atoms with Gasteiger partial charge in [-0.25, -0.2) is 14.6 Å². The van der Waals surface area contributed by atoms with Crippen LogP contribution in [0.4, 0.5) is 15.3 Å².